The molecule has 3 aromatic carbocycles. The van der Waals surface area contributed by atoms with Crippen molar-refractivity contribution in [1.82, 2.24) is 0 Å². The molecule has 0 amide bonds. The molecule has 0 aromatic heterocycles. The first-order valence-electron chi connectivity index (χ1n) is 16.0. The first-order chi connectivity index (χ1) is 18.8. The zero-order valence-electron chi connectivity index (χ0n) is 24.8. The number of rotatable bonds is 6. The van der Waals surface area contributed by atoms with Gasteiger partial charge in [0, 0.05) is 0 Å². The van der Waals surface area contributed by atoms with Crippen molar-refractivity contribution >= 4 is 31.6 Å². The van der Waals surface area contributed by atoms with E-state index in [-0.39, 0.29) is 7.92 Å². The van der Waals surface area contributed by atoms with Crippen molar-refractivity contribution in [3.8, 4) is 0 Å². The van der Waals surface area contributed by atoms with Crippen molar-refractivity contribution in [2.45, 2.75) is 98.6 Å². The molecule has 0 bridgehead atoms. The third-order valence-corrected chi connectivity index (χ3v) is 79.6. The summed E-state index contributed by atoms with van der Waals surface area (Å²) in [5, 5.41) is 6.21. The summed E-state index contributed by atoms with van der Waals surface area (Å²) in [6.45, 7) is 11.8. The van der Waals surface area contributed by atoms with Gasteiger partial charge < -0.3 is 0 Å². The second kappa shape index (κ2) is 3.24. The van der Waals surface area contributed by atoms with Crippen molar-refractivity contribution in [2.75, 3.05) is 6.16 Å². The van der Waals surface area contributed by atoms with E-state index in [1.54, 1.807) is 21.7 Å². The van der Waals surface area contributed by atoms with Gasteiger partial charge in [-0.05, 0) is 0 Å². The van der Waals surface area contributed by atoms with Gasteiger partial charge in [-0.25, -0.2) is 0 Å². The quantitative estimate of drug-likeness (QED) is 0.150. The molecular formula is C37H43FePSi. The fourth-order valence-electron chi connectivity index (χ4n) is 23.4. The van der Waals surface area contributed by atoms with Gasteiger partial charge >= 0.3 is 234 Å². The van der Waals surface area contributed by atoms with Crippen LogP contribution in [0.1, 0.15) is 41.5 Å². The molecule has 8 unspecified atom stereocenters. The fraction of sp³-hybridized carbons (Fsp3) is 0.514. The Hall–Kier alpha value is -1.17. The Balaban J connectivity index is 1.16. The SMILES string of the molecule is CC(C)(C)P(C[C]12[CH]3[CH]4[CH]5[CH]1[Fe]45321678[CH]2[CH]1[CH]6[C]7([Si](c1ccccc1)(c1ccccc1)c1ccccc1)[CH]28)C(C)(C)C. The number of hydrogen-bond donors (Lipinski definition) is 0. The molecule has 0 saturated carbocycles. The average Bonchev–Trinajstić information content (AvgIpc) is 3.88. The van der Waals surface area contributed by atoms with Gasteiger partial charge in [-0.3, -0.25) is 0 Å². The molecule has 0 radical (unpaired) electrons. The standard InChI is InChI=1S/C23H19Si.C14H24P.Fe/c1-4-12-20(13-5-1)24(23-18-10-11-19-23,21-14-6-2-7-15-21)22-16-8-3-9-17-22;1-13(2,3)15(14(4,5)6)11-12-9-7-8-10-12;/h1-19H;7-10H,11H2,1-6H3;. The monoisotopic (exact) mass is 602 g/mol. The van der Waals surface area contributed by atoms with Gasteiger partial charge in [-0.1, -0.05) is 0 Å². The zero-order valence-corrected chi connectivity index (χ0v) is 27.8. The predicted octanol–water partition coefficient (Wildman–Crippen LogP) is 8.90. The summed E-state index contributed by atoms with van der Waals surface area (Å²) in [5.74, 6) is 0. The van der Waals surface area contributed by atoms with Crippen LogP contribution in [0.5, 0.6) is 0 Å². The van der Waals surface area contributed by atoms with E-state index in [9.17, 15) is 0 Å². The van der Waals surface area contributed by atoms with Gasteiger partial charge in [-0.2, -0.15) is 0 Å². The molecule has 8 atom stereocenters. The molecule has 10 heterocycles. The van der Waals surface area contributed by atoms with Crippen LogP contribution in [0.4, 0.5) is 0 Å². The summed E-state index contributed by atoms with van der Waals surface area (Å²) in [4.78, 5) is 10.3. The summed E-state index contributed by atoms with van der Waals surface area (Å²) in [6.07, 6.45) is 1.68. The van der Waals surface area contributed by atoms with Crippen LogP contribution in [-0.2, 0) is 6.51 Å². The van der Waals surface area contributed by atoms with Gasteiger partial charge in [0.25, 0.3) is 0 Å². The zero-order chi connectivity index (χ0) is 27.1. The molecule has 208 valence electrons. The Morgan fingerprint density at radius 3 is 1.23 bits per heavy atom. The molecule has 10 saturated heterocycles. The van der Waals surface area contributed by atoms with Gasteiger partial charge in [-0.15, -0.1) is 0 Å². The Morgan fingerprint density at radius 2 is 0.925 bits per heavy atom. The van der Waals surface area contributed by atoms with Crippen molar-refractivity contribution in [3.05, 3.63) is 91.0 Å². The van der Waals surface area contributed by atoms with Crippen LogP contribution in [0.3, 0.4) is 0 Å². The van der Waals surface area contributed by atoms with E-state index in [0.29, 0.717) is 10.3 Å². The molecule has 3 heteroatoms. The molecule has 1 spiro atoms. The molecule has 0 aliphatic carbocycles. The number of hydrogen-bond acceptors (Lipinski definition) is 0. The third-order valence-electron chi connectivity index (χ3n) is 21.3. The fourth-order valence-corrected chi connectivity index (χ4v) is 130. The van der Waals surface area contributed by atoms with Crippen LogP contribution >= 0.6 is 7.92 Å². The predicted molar refractivity (Wildman–Crippen MR) is 171 cm³/mol. The van der Waals surface area contributed by atoms with Gasteiger partial charge in [0.15, 0.2) is 0 Å². The minimum absolute atomic E-state index is 0.0194. The molecule has 40 heavy (non-hydrogen) atoms. The second-order valence-corrected chi connectivity index (χ2v) is 51.4. The van der Waals surface area contributed by atoms with Crippen molar-refractivity contribution in [2.24, 2.45) is 0 Å². The van der Waals surface area contributed by atoms with Crippen molar-refractivity contribution in [1.29, 1.82) is 0 Å². The summed E-state index contributed by atoms with van der Waals surface area (Å²) in [5.41, 5.74) is 0. The number of fused-ring (bicyclic) bond motifs is 10. The van der Waals surface area contributed by atoms with Crippen molar-refractivity contribution < 1.29 is 6.51 Å². The van der Waals surface area contributed by atoms with E-state index in [1.807, 2.05) is 0 Å². The molecule has 10 fully saturated rings. The van der Waals surface area contributed by atoms with E-state index in [1.165, 1.54) is 38.5 Å². The molecule has 13 rings (SSSR count). The first-order valence-corrected chi connectivity index (χ1v) is 25.7. The summed E-state index contributed by atoms with van der Waals surface area (Å²) < 4.78 is 1.67. The topological polar surface area (TPSA) is 0 Å². The van der Waals surface area contributed by atoms with Crippen LogP contribution < -0.4 is 15.6 Å². The van der Waals surface area contributed by atoms with Crippen LogP contribution in [0.25, 0.3) is 0 Å². The third kappa shape index (κ3) is 0.551. The number of benzene rings is 3. The molecule has 0 nitrogen and oxygen atoms in total. The van der Waals surface area contributed by atoms with Crippen molar-refractivity contribution in [3.63, 3.8) is 0 Å². The molecule has 10 aliphatic rings. The van der Waals surface area contributed by atoms with Gasteiger partial charge in [0.2, 0.25) is 0 Å². The van der Waals surface area contributed by atoms with Crippen LogP contribution in [0.15, 0.2) is 91.0 Å². The normalized spacial score (nSPS) is 60.6. The second-order valence-electron chi connectivity index (χ2n) is 19.7. The molecule has 3 aromatic rings. The van der Waals surface area contributed by atoms with Crippen LogP contribution in [-0.4, -0.2) is 24.5 Å². The van der Waals surface area contributed by atoms with E-state index in [0.717, 1.165) is 8.25 Å². The van der Waals surface area contributed by atoms with E-state index in [4.69, 9.17) is 0 Å². The molecule has 0 N–H and O–H groups in total. The maximum atomic E-state index is 2.61. The van der Waals surface area contributed by atoms with Gasteiger partial charge in [0.1, 0.15) is 0 Å². The molecule has 10 aliphatic heterocycles. The molecular weight excluding hydrogens is 559 g/mol. The van der Waals surface area contributed by atoms with Gasteiger partial charge in [0.05, 0.1) is 0 Å². The average molecular weight is 603 g/mol. The Kier molecular flexibility index (Phi) is 1.74. The van der Waals surface area contributed by atoms with Crippen LogP contribution in [0, 0.1) is 0 Å². The first kappa shape index (κ1) is 21.5. The summed E-state index contributed by atoms with van der Waals surface area (Å²) in [7, 11) is -2.27. The summed E-state index contributed by atoms with van der Waals surface area (Å²) >= 11 is 0. The summed E-state index contributed by atoms with van der Waals surface area (Å²) in [6, 6.07) is 36.9. The van der Waals surface area contributed by atoms with E-state index >= 15 is 0 Å². The Morgan fingerprint density at radius 1 is 0.575 bits per heavy atom. The van der Waals surface area contributed by atoms with E-state index in [2.05, 4.69) is 133 Å². The van der Waals surface area contributed by atoms with Crippen LogP contribution in [0.2, 0.25) is 46.8 Å². The Labute approximate surface area is 232 Å². The minimum atomic E-state index is -3.88. The Bertz CT molecular complexity index is 2000. The van der Waals surface area contributed by atoms with E-state index < -0.39 is 14.6 Å². The maximum absolute atomic E-state index is 3.88.